The van der Waals surface area contributed by atoms with Crippen LogP contribution in [0.5, 0.6) is 5.75 Å². The summed E-state index contributed by atoms with van der Waals surface area (Å²) in [5.74, 6) is -1.56. The molecule has 1 aliphatic heterocycles. The van der Waals surface area contributed by atoms with E-state index in [1.807, 2.05) is 25.1 Å². The molecule has 0 saturated heterocycles. The summed E-state index contributed by atoms with van der Waals surface area (Å²) in [7, 11) is 1.49. The number of nitrogens with zero attached hydrogens (tertiary/aromatic N) is 1. The number of benzene rings is 2. The highest BCUT2D eigenvalue weighted by Crippen LogP contribution is 2.34. The minimum atomic E-state index is -1.02. The minimum Gasteiger partial charge on any atom is -0.489 e. The van der Waals surface area contributed by atoms with Gasteiger partial charge in [-0.15, -0.1) is 0 Å². The van der Waals surface area contributed by atoms with E-state index in [4.69, 9.17) is 4.74 Å². The number of aliphatic hydroxyl groups excluding tert-OH is 2. The predicted molar refractivity (Wildman–Crippen MR) is 145 cm³/mol. The van der Waals surface area contributed by atoms with Crippen LogP contribution in [0, 0.1) is 11.7 Å². The van der Waals surface area contributed by atoms with Crippen LogP contribution in [-0.2, 0) is 27.2 Å². The molecule has 1 heterocycles. The lowest BCUT2D eigenvalue weighted by Crippen LogP contribution is -2.54. The molecule has 3 amide bonds. The van der Waals surface area contributed by atoms with Gasteiger partial charge in [0.2, 0.25) is 17.7 Å². The second kappa shape index (κ2) is 13.2. The number of carbonyl (C=O) groups is 3. The maximum atomic E-state index is 13.4. The predicted octanol–water partition coefficient (Wildman–Crippen LogP) is 0.151. The van der Waals surface area contributed by atoms with E-state index in [0.29, 0.717) is 24.3 Å². The number of hydrogen-bond donors (Lipinski definition) is 5. The maximum Gasteiger partial charge on any atom is 0.243 e. The number of para-hydroxylation sites is 1. The fraction of sp³-hybridized carbons (Fsp3) is 0.483. The molecule has 0 aromatic heterocycles. The number of amides is 3. The van der Waals surface area contributed by atoms with Gasteiger partial charge in [0.25, 0.3) is 0 Å². The maximum absolute atomic E-state index is 13.4. The van der Waals surface area contributed by atoms with Gasteiger partial charge in [-0.1, -0.05) is 30.3 Å². The van der Waals surface area contributed by atoms with Gasteiger partial charge in [-0.05, 0) is 42.7 Å². The van der Waals surface area contributed by atoms with E-state index in [-0.39, 0.29) is 43.9 Å². The number of fused-ring (bicyclic) bond motifs is 1. The van der Waals surface area contributed by atoms with Crippen molar-refractivity contribution in [3.05, 3.63) is 65.5 Å². The first-order valence-electron chi connectivity index (χ1n) is 13.5. The lowest BCUT2D eigenvalue weighted by atomic mass is 10.0. The molecule has 2 aliphatic rings. The third-order valence-corrected chi connectivity index (χ3v) is 7.15. The van der Waals surface area contributed by atoms with Crippen LogP contribution in [-0.4, -0.2) is 89.9 Å². The van der Waals surface area contributed by atoms with Crippen molar-refractivity contribution < 1.29 is 33.7 Å². The molecule has 2 aromatic rings. The lowest BCUT2D eigenvalue weighted by molar-refractivity contribution is -0.137. The minimum absolute atomic E-state index is 0.0656. The van der Waals surface area contributed by atoms with Gasteiger partial charge >= 0.3 is 0 Å². The molecule has 1 fully saturated rings. The summed E-state index contributed by atoms with van der Waals surface area (Å²) in [6.07, 6.45) is -1.11. The smallest absolute Gasteiger partial charge is 0.243 e. The summed E-state index contributed by atoms with van der Waals surface area (Å²) < 4.78 is 19.5. The van der Waals surface area contributed by atoms with Crippen molar-refractivity contribution in [2.45, 2.75) is 56.6 Å². The molecular formula is C29H37FN4O6. The number of β-amino-alcohol motifs (C(OH)–C–C–N with tert-alkyl or cyclic N) is 1. The molecule has 11 heteroatoms. The Labute approximate surface area is 232 Å². The molecule has 216 valence electrons. The Morgan fingerprint density at radius 2 is 1.75 bits per heavy atom. The number of rotatable bonds is 3. The molecule has 10 nitrogen and oxygen atoms in total. The number of ether oxygens (including phenoxy) is 1. The van der Waals surface area contributed by atoms with Crippen molar-refractivity contribution in [1.82, 2.24) is 20.9 Å². The van der Waals surface area contributed by atoms with Crippen molar-refractivity contribution in [2.24, 2.45) is 5.92 Å². The normalized spacial score (nSPS) is 28.8. The van der Waals surface area contributed by atoms with Crippen molar-refractivity contribution in [3.63, 3.8) is 0 Å². The largest absolute Gasteiger partial charge is 0.489 e. The molecule has 0 bridgehead atoms. The summed E-state index contributed by atoms with van der Waals surface area (Å²) in [6, 6.07) is 11.1. The number of likely N-dealkylation sites (N-methyl/N-ethyl adjacent to an activating group) is 1. The van der Waals surface area contributed by atoms with Crippen molar-refractivity contribution in [2.75, 3.05) is 26.7 Å². The van der Waals surface area contributed by atoms with E-state index in [9.17, 15) is 29.0 Å². The van der Waals surface area contributed by atoms with Gasteiger partial charge in [0, 0.05) is 38.9 Å². The quantitative estimate of drug-likeness (QED) is 0.363. The number of nitrogens with one attached hydrogen (secondary N) is 3. The van der Waals surface area contributed by atoms with Gasteiger partial charge in [-0.2, -0.15) is 0 Å². The van der Waals surface area contributed by atoms with E-state index in [2.05, 4.69) is 16.0 Å². The van der Waals surface area contributed by atoms with Crippen LogP contribution in [0.3, 0.4) is 0 Å². The summed E-state index contributed by atoms with van der Waals surface area (Å²) in [6.45, 7) is 1.79. The molecule has 2 aromatic carbocycles. The first-order valence-corrected chi connectivity index (χ1v) is 13.5. The van der Waals surface area contributed by atoms with Gasteiger partial charge < -0.3 is 35.8 Å². The second-order valence-electron chi connectivity index (χ2n) is 10.6. The topological polar surface area (TPSA) is 140 Å². The van der Waals surface area contributed by atoms with Crippen LogP contribution >= 0.6 is 0 Å². The Morgan fingerprint density at radius 3 is 2.45 bits per heavy atom. The highest BCUT2D eigenvalue weighted by Gasteiger charge is 2.46. The summed E-state index contributed by atoms with van der Waals surface area (Å²) >= 11 is 0. The summed E-state index contributed by atoms with van der Waals surface area (Å²) in [5.41, 5.74) is 1.37. The zero-order valence-electron chi connectivity index (χ0n) is 22.7. The Kier molecular flexibility index (Phi) is 9.72. The zero-order chi connectivity index (χ0) is 28.8. The Bertz CT molecular complexity index is 1200. The number of halogens is 1. The van der Waals surface area contributed by atoms with E-state index < -0.39 is 41.9 Å². The third-order valence-electron chi connectivity index (χ3n) is 7.15. The summed E-state index contributed by atoms with van der Waals surface area (Å²) in [5, 5.41) is 29.3. The molecule has 3 unspecified atom stereocenters. The van der Waals surface area contributed by atoms with Crippen molar-refractivity contribution >= 4 is 17.7 Å². The Morgan fingerprint density at radius 1 is 1.05 bits per heavy atom. The Balaban J connectivity index is 1.57. The van der Waals surface area contributed by atoms with Gasteiger partial charge in [0.15, 0.2) is 0 Å². The molecule has 1 saturated carbocycles. The average molecular weight is 557 g/mol. The van der Waals surface area contributed by atoms with E-state index in [1.165, 1.54) is 36.2 Å². The van der Waals surface area contributed by atoms with Crippen LogP contribution in [0.15, 0.2) is 48.5 Å². The van der Waals surface area contributed by atoms with E-state index in [1.54, 1.807) is 6.07 Å². The molecule has 5 N–H and O–H groups in total. The van der Waals surface area contributed by atoms with Crippen LogP contribution in [0.1, 0.15) is 24.5 Å². The van der Waals surface area contributed by atoms with Crippen LogP contribution < -0.4 is 20.7 Å². The standard InChI is InChI=1S/C29H37FN4O6/c1-17-14-31-27(22-13-24(22)36)29(39)34(2)16-26(37)33-23(11-18-7-9-20(30)10-8-18)28(38)32-15-21(35)12-19-5-3-4-6-25(19)40-17/h3-10,17,21-24,27,31,35-36H,11-16H2,1-2H3,(H,32,38)(H,33,37)/t17-,21?,22?,23-,24?,27+/m1/s1. The SMILES string of the molecule is C[C@@H]1CN[C@@H](C2CC2O)C(=O)N(C)CC(=O)N[C@H](Cc2ccc(F)cc2)C(=O)NCC(O)Cc2ccccc2O1. The Hall–Kier alpha value is -3.54. The second-order valence-corrected chi connectivity index (χ2v) is 10.6. The molecule has 40 heavy (non-hydrogen) atoms. The number of hydrogen-bond acceptors (Lipinski definition) is 7. The van der Waals surface area contributed by atoms with E-state index in [0.717, 1.165) is 5.56 Å². The van der Waals surface area contributed by atoms with Crippen LogP contribution in [0.4, 0.5) is 4.39 Å². The molecule has 1 aliphatic carbocycles. The number of carbonyl (C=O) groups excluding carboxylic acids is 3. The average Bonchev–Trinajstić information content (AvgIpc) is 3.64. The van der Waals surface area contributed by atoms with Crippen molar-refractivity contribution in [1.29, 1.82) is 0 Å². The van der Waals surface area contributed by atoms with Crippen molar-refractivity contribution in [3.8, 4) is 5.75 Å². The molecule has 6 atom stereocenters. The van der Waals surface area contributed by atoms with Crippen LogP contribution in [0.2, 0.25) is 0 Å². The monoisotopic (exact) mass is 556 g/mol. The number of aliphatic hydroxyl groups is 2. The van der Waals surface area contributed by atoms with Gasteiger partial charge in [0.05, 0.1) is 24.8 Å². The molecule has 0 spiro atoms. The highest BCUT2D eigenvalue weighted by atomic mass is 19.1. The van der Waals surface area contributed by atoms with Gasteiger partial charge in [-0.25, -0.2) is 4.39 Å². The van der Waals surface area contributed by atoms with Gasteiger partial charge in [-0.3, -0.25) is 14.4 Å². The molecule has 4 rings (SSSR count). The zero-order valence-corrected chi connectivity index (χ0v) is 22.7. The third kappa shape index (κ3) is 8.00. The first-order chi connectivity index (χ1) is 19.1. The van der Waals surface area contributed by atoms with Crippen LogP contribution in [0.25, 0.3) is 0 Å². The van der Waals surface area contributed by atoms with Gasteiger partial charge in [0.1, 0.15) is 23.7 Å². The van der Waals surface area contributed by atoms with E-state index >= 15 is 0 Å². The first kappa shape index (κ1) is 29.4. The fourth-order valence-corrected chi connectivity index (χ4v) is 4.82. The molecular weight excluding hydrogens is 519 g/mol. The highest BCUT2D eigenvalue weighted by molar-refractivity contribution is 5.91. The molecule has 0 radical (unpaired) electrons. The summed E-state index contributed by atoms with van der Waals surface area (Å²) in [4.78, 5) is 40.7. The fourth-order valence-electron chi connectivity index (χ4n) is 4.82. The lowest BCUT2D eigenvalue weighted by Gasteiger charge is -2.27.